The van der Waals surface area contributed by atoms with Crippen LogP contribution in [0.5, 0.6) is 5.75 Å². The second-order valence-electron chi connectivity index (χ2n) is 5.93. The Kier molecular flexibility index (Phi) is 7.28. The number of amides is 1. The molecular formula is C19H12BrCl2F3N2O2S. The van der Waals surface area contributed by atoms with Gasteiger partial charge in [-0.1, -0.05) is 57.3 Å². The second kappa shape index (κ2) is 9.55. The molecule has 2 aromatic carbocycles. The number of nitrogens with zero attached hydrogens (tertiary/aromatic N) is 1. The highest BCUT2D eigenvalue weighted by Gasteiger charge is 2.33. The Labute approximate surface area is 192 Å². The zero-order valence-electron chi connectivity index (χ0n) is 14.9. The highest BCUT2D eigenvalue weighted by Crippen LogP contribution is 2.39. The number of anilines is 1. The van der Waals surface area contributed by atoms with E-state index < -0.39 is 11.7 Å². The number of hydrogen-bond donors (Lipinski definition) is 1. The molecule has 1 amide bonds. The predicted molar refractivity (Wildman–Crippen MR) is 116 cm³/mol. The third kappa shape index (κ3) is 5.46. The van der Waals surface area contributed by atoms with Crippen LogP contribution < -0.4 is 10.1 Å². The van der Waals surface area contributed by atoms with Crippen molar-refractivity contribution >= 4 is 61.5 Å². The number of halogens is 6. The average molecular weight is 540 g/mol. The number of carbonyl (C=O) groups excluding carboxylic acids is 1. The molecule has 11 heteroatoms. The van der Waals surface area contributed by atoms with Crippen molar-refractivity contribution in [3.63, 3.8) is 0 Å². The van der Waals surface area contributed by atoms with Crippen molar-refractivity contribution in [2.24, 2.45) is 0 Å². The van der Waals surface area contributed by atoms with Crippen molar-refractivity contribution in [1.82, 2.24) is 4.98 Å². The first-order valence-corrected chi connectivity index (χ1v) is 11.0. The second-order valence-corrected chi connectivity index (χ2v) is 8.17. The number of nitrogens with one attached hydrogen (secondary N) is 1. The molecule has 1 heterocycles. The first-order valence-electron chi connectivity index (χ1n) is 8.27. The molecule has 3 rings (SSSR count). The van der Waals surface area contributed by atoms with E-state index in [4.69, 9.17) is 27.9 Å². The number of ether oxygens (including phenoxy) is 1. The molecule has 158 valence electrons. The minimum absolute atomic E-state index is 0.0344. The number of alkyl halides is 4. The van der Waals surface area contributed by atoms with Crippen LogP contribution in [0.4, 0.5) is 18.3 Å². The number of aromatic nitrogens is 1. The molecule has 0 bridgehead atoms. The fraction of sp³-hybridized carbons (Fsp3) is 0.158. The average Bonchev–Trinajstić information content (AvgIpc) is 3.15. The van der Waals surface area contributed by atoms with Crippen LogP contribution in [0.15, 0.2) is 41.8 Å². The molecule has 1 aromatic heterocycles. The van der Waals surface area contributed by atoms with Crippen LogP contribution in [0.1, 0.15) is 11.1 Å². The van der Waals surface area contributed by atoms with Gasteiger partial charge in [-0.15, -0.1) is 11.3 Å². The maximum atomic E-state index is 13.1. The smallest absolute Gasteiger partial charge is 0.416 e. The molecule has 3 aromatic rings. The lowest BCUT2D eigenvalue weighted by Gasteiger charge is -2.15. The Morgan fingerprint density at radius 2 is 1.87 bits per heavy atom. The standard InChI is InChI=1S/C19H12BrCl2F3N2O2S/c20-7-16(28)27-18-26-15(9-30-18)11-5-13(21)17(14(22)6-11)29-8-10-3-1-2-4-12(10)19(23,24)25/h1-6,9H,7-8H2,(H,26,27,28). The van der Waals surface area contributed by atoms with Crippen LogP contribution in [0.2, 0.25) is 10.0 Å². The molecule has 0 atom stereocenters. The van der Waals surface area contributed by atoms with Gasteiger partial charge in [-0.05, 0) is 18.2 Å². The maximum absolute atomic E-state index is 13.1. The van der Waals surface area contributed by atoms with Crippen molar-refractivity contribution in [3.05, 3.63) is 63.0 Å². The minimum Gasteiger partial charge on any atom is -0.486 e. The molecule has 0 fully saturated rings. The summed E-state index contributed by atoms with van der Waals surface area (Å²) in [5.41, 5.74) is 0.286. The van der Waals surface area contributed by atoms with Crippen molar-refractivity contribution < 1.29 is 22.7 Å². The SMILES string of the molecule is O=C(CBr)Nc1nc(-c2cc(Cl)c(OCc3ccccc3C(F)(F)F)c(Cl)c2)cs1. The lowest BCUT2D eigenvalue weighted by Crippen LogP contribution is -2.11. The molecule has 0 aliphatic rings. The van der Waals surface area contributed by atoms with E-state index in [2.05, 4.69) is 26.2 Å². The van der Waals surface area contributed by atoms with E-state index in [1.165, 1.54) is 29.5 Å². The van der Waals surface area contributed by atoms with Crippen LogP contribution in [0.25, 0.3) is 11.3 Å². The Morgan fingerprint density at radius 1 is 1.20 bits per heavy atom. The first kappa shape index (κ1) is 22.9. The largest absolute Gasteiger partial charge is 0.486 e. The highest BCUT2D eigenvalue weighted by molar-refractivity contribution is 9.09. The van der Waals surface area contributed by atoms with Gasteiger partial charge in [0, 0.05) is 16.5 Å². The Morgan fingerprint density at radius 3 is 2.50 bits per heavy atom. The zero-order chi connectivity index (χ0) is 21.9. The van der Waals surface area contributed by atoms with Gasteiger partial charge in [0.1, 0.15) is 6.61 Å². The van der Waals surface area contributed by atoms with Gasteiger partial charge in [0.2, 0.25) is 5.91 Å². The summed E-state index contributed by atoms with van der Waals surface area (Å²) in [6.45, 7) is -0.353. The van der Waals surface area contributed by atoms with Gasteiger partial charge in [0.25, 0.3) is 0 Å². The van der Waals surface area contributed by atoms with Gasteiger partial charge in [-0.25, -0.2) is 4.98 Å². The molecule has 0 radical (unpaired) electrons. The van der Waals surface area contributed by atoms with E-state index >= 15 is 0 Å². The summed E-state index contributed by atoms with van der Waals surface area (Å²) in [5.74, 6) is -0.169. The number of rotatable bonds is 6. The number of thiazole rings is 1. The lowest BCUT2D eigenvalue weighted by molar-refractivity contribution is -0.138. The quantitative estimate of drug-likeness (QED) is 0.341. The van der Waals surface area contributed by atoms with Gasteiger partial charge >= 0.3 is 6.18 Å². The molecule has 0 unspecified atom stereocenters. The number of benzene rings is 2. The topological polar surface area (TPSA) is 51.2 Å². The minimum atomic E-state index is -4.50. The van der Waals surface area contributed by atoms with Crippen LogP contribution in [-0.2, 0) is 17.6 Å². The summed E-state index contributed by atoms with van der Waals surface area (Å²) < 4.78 is 44.9. The summed E-state index contributed by atoms with van der Waals surface area (Å²) in [7, 11) is 0. The third-order valence-electron chi connectivity index (χ3n) is 3.86. The summed E-state index contributed by atoms with van der Waals surface area (Å²) in [5, 5.41) is 5.13. The van der Waals surface area contributed by atoms with Crippen molar-refractivity contribution in [3.8, 4) is 17.0 Å². The molecule has 0 saturated heterocycles. The molecular weight excluding hydrogens is 528 g/mol. The van der Waals surface area contributed by atoms with E-state index in [0.717, 1.165) is 6.07 Å². The van der Waals surface area contributed by atoms with Crippen molar-refractivity contribution in [2.75, 3.05) is 10.6 Å². The third-order valence-corrected chi connectivity index (χ3v) is 5.69. The van der Waals surface area contributed by atoms with Crippen LogP contribution >= 0.6 is 50.5 Å². The maximum Gasteiger partial charge on any atom is 0.416 e. The Bertz CT molecular complexity index is 1050. The molecule has 4 nitrogen and oxygen atoms in total. The molecule has 0 spiro atoms. The van der Waals surface area contributed by atoms with Crippen LogP contribution in [0, 0.1) is 0 Å². The molecule has 1 N–H and O–H groups in total. The van der Waals surface area contributed by atoms with E-state index in [1.807, 2.05) is 0 Å². The zero-order valence-corrected chi connectivity index (χ0v) is 18.8. The Balaban J connectivity index is 1.80. The predicted octanol–water partition coefficient (Wildman–Crippen LogP) is 7.05. The first-order chi connectivity index (χ1) is 14.2. The van der Waals surface area contributed by atoms with Gasteiger partial charge in [-0.3, -0.25) is 4.79 Å². The van der Waals surface area contributed by atoms with Gasteiger partial charge in [0.15, 0.2) is 10.9 Å². The molecule has 0 aliphatic heterocycles. The number of hydrogen-bond acceptors (Lipinski definition) is 4. The van der Waals surface area contributed by atoms with E-state index in [-0.39, 0.29) is 39.2 Å². The normalized spacial score (nSPS) is 11.4. The van der Waals surface area contributed by atoms with E-state index in [1.54, 1.807) is 17.5 Å². The summed E-state index contributed by atoms with van der Waals surface area (Å²) >= 11 is 16.8. The van der Waals surface area contributed by atoms with Crippen LogP contribution in [0.3, 0.4) is 0 Å². The summed E-state index contributed by atoms with van der Waals surface area (Å²) in [6, 6.07) is 8.21. The highest BCUT2D eigenvalue weighted by atomic mass is 79.9. The molecule has 30 heavy (non-hydrogen) atoms. The van der Waals surface area contributed by atoms with Crippen molar-refractivity contribution in [1.29, 1.82) is 0 Å². The van der Waals surface area contributed by atoms with Gasteiger partial charge in [-0.2, -0.15) is 13.2 Å². The van der Waals surface area contributed by atoms with Gasteiger partial charge < -0.3 is 10.1 Å². The summed E-state index contributed by atoms with van der Waals surface area (Å²) in [4.78, 5) is 15.7. The van der Waals surface area contributed by atoms with E-state index in [9.17, 15) is 18.0 Å². The van der Waals surface area contributed by atoms with Crippen molar-refractivity contribution in [2.45, 2.75) is 12.8 Å². The van der Waals surface area contributed by atoms with Gasteiger partial charge in [0.05, 0.1) is 26.6 Å². The van der Waals surface area contributed by atoms with E-state index in [0.29, 0.717) is 16.4 Å². The monoisotopic (exact) mass is 538 g/mol. The fourth-order valence-corrected chi connectivity index (χ4v) is 4.01. The fourth-order valence-electron chi connectivity index (χ4n) is 2.53. The molecule has 0 saturated carbocycles. The Hall–Kier alpha value is -1.81. The lowest BCUT2D eigenvalue weighted by atomic mass is 10.1. The molecule has 0 aliphatic carbocycles. The number of carbonyl (C=O) groups is 1. The van der Waals surface area contributed by atoms with Crippen LogP contribution in [-0.4, -0.2) is 16.2 Å². The summed E-state index contributed by atoms with van der Waals surface area (Å²) in [6.07, 6.45) is -4.50.